The minimum Gasteiger partial charge on any atom is -0.332 e. The molecular formula is C25H27NO. The number of rotatable bonds is 6. The Labute approximate surface area is 162 Å². The third-order valence-corrected chi connectivity index (χ3v) is 4.99. The third kappa shape index (κ3) is 4.46. The van der Waals surface area contributed by atoms with Gasteiger partial charge in [-0.1, -0.05) is 86.2 Å². The molecule has 27 heavy (non-hydrogen) atoms. The summed E-state index contributed by atoms with van der Waals surface area (Å²) in [6.45, 7) is 5.98. The van der Waals surface area contributed by atoms with Crippen LogP contribution in [0.15, 0.2) is 78.5 Å². The molecule has 2 nitrogen and oxygen atoms in total. The lowest BCUT2D eigenvalue weighted by atomic mass is 9.90. The second kappa shape index (κ2) is 8.68. The number of nitrogens with one attached hydrogen (secondary N) is 1. The second-order valence-corrected chi connectivity index (χ2v) is 7.30. The van der Waals surface area contributed by atoms with Gasteiger partial charge in [0.1, 0.15) is 0 Å². The van der Waals surface area contributed by atoms with Crippen LogP contribution in [0.3, 0.4) is 0 Å². The van der Waals surface area contributed by atoms with Crippen molar-refractivity contribution in [2.45, 2.75) is 33.1 Å². The van der Waals surface area contributed by atoms with Crippen molar-refractivity contribution >= 4 is 12.0 Å². The molecule has 2 aromatic rings. The fourth-order valence-corrected chi connectivity index (χ4v) is 3.45. The first-order chi connectivity index (χ1) is 13.1. The van der Waals surface area contributed by atoms with Crippen molar-refractivity contribution in [3.63, 3.8) is 0 Å². The number of hydrogen-bond donors (Lipinski definition) is 1. The molecule has 0 aliphatic heterocycles. The van der Waals surface area contributed by atoms with Gasteiger partial charge in [-0.05, 0) is 41.7 Å². The van der Waals surface area contributed by atoms with Crippen LogP contribution in [0.1, 0.15) is 44.2 Å². The highest BCUT2D eigenvalue weighted by Crippen LogP contribution is 2.42. The van der Waals surface area contributed by atoms with E-state index in [-0.39, 0.29) is 11.8 Å². The molecule has 1 atom stereocenters. The molecule has 138 valence electrons. The maximum atomic E-state index is 11.5. The molecule has 1 N–H and O–H groups in total. The van der Waals surface area contributed by atoms with Crippen LogP contribution in [0.25, 0.3) is 17.2 Å². The van der Waals surface area contributed by atoms with Gasteiger partial charge in [0.05, 0.1) is 0 Å². The van der Waals surface area contributed by atoms with Crippen LogP contribution in [0.5, 0.6) is 0 Å². The van der Waals surface area contributed by atoms with Gasteiger partial charge in [0, 0.05) is 18.0 Å². The SMILES string of the molecule is CC1=Cc2c(-c3ccccc3)cccc2C1CC=CC=CNC(=O)C(C)C. The zero-order valence-corrected chi connectivity index (χ0v) is 16.3. The summed E-state index contributed by atoms with van der Waals surface area (Å²) < 4.78 is 0. The molecule has 3 rings (SSSR count). The van der Waals surface area contributed by atoms with E-state index in [1.165, 1.54) is 27.8 Å². The van der Waals surface area contributed by atoms with Crippen LogP contribution in [-0.4, -0.2) is 5.91 Å². The standard InChI is InChI=1S/C25H27NO/c1-18(2)25(27)26-16-9-5-8-13-21-19(3)17-24-22(14-10-15-23(21)24)20-11-6-4-7-12-20/h4-12,14-18,21H,13H2,1-3H3,(H,26,27). The number of carbonyl (C=O) groups excluding carboxylic acids is 1. The van der Waals surface area contributed by atoms with Crippen LogP contribution in [0, 0.1) is 5.92 Å². The van der Waals surface area contributed by atoms with Gasteiger partial charge in [0.25, 0.3) is 0 Å². The molecule has 1 aliphatic carbocycles. The number of allylic oxidation sites excluding steroid dienone is 4. The molecule has 0 aromatic heterocycles. The lowest BCUT2D eigenvalue weighted by molar-refractivity contribution is -0.123. The number of carbonyl (C=O) groups is 1. The molecule has 0 fully saturated rings. The first kappa shape index (κ1) is 18.9. The Kier molecular flexibility index (Phi) is 6.08. The van der Waals surface area contributed by atoms with Gasteiger partial charge in [-0.15, -0.1) is 0 Å². The highest BCUT2D eigenvalue weighted by Gasteiger charge is 2.23. The average molecular weight is 357 g/mol. The van der Waals surface area contributed by atoms with E-state index in [9.17, 15) is 4.79 Å². The predicted octanol–water partition coefficient (Wildman–Crippen LogP) is 6.09. The highest BCUT2D eigenvalue weighted by molar-refractivity contribution is 5.81. The van der Waals surface area contributed by atoms with Crippen LogP contribution >= 0.6 is 0 Å². The highest BCUT2D eigenvalue weighted by atomic mass is 16.1. The third-order valence-electron chi connectivity index (χ3n) is 4.99. The number of benzene rings is 2. The van der Waals surface area contributed by atoms with E-state index < -0.39 is 0 Å². The van der Waals surface area contributed by atoms with E-state index in [0.29, 0.717) is 5.92 Å². The van der Waals surface area contributed by atoms with Gasteiger partial charge in [0.15, 0.2) is 0 Å². The molecule has 0 bridgehead atoms. The Hall–Kier alpha value is -2.87. The van der Waals surface area contributed by atoms with Gasteiger partial charge in [-0.3, -0.25) is 4.79 Å². The molecule has 0 spiro atoms. The molecule has 0 saturated carbocycles. The van der Waals surface area contributed by atoms with Gasteiger partial charge in [-0.25, -0.2) is 0 Å². The summed E-state index contributed by atoms with van der Waals surface area (Å²) in [6, 6.07) is 17.2. The largest absolute Gasteiger partial charge is 0.332 e. The van der Waals surface area contributed by atoms with Crippen molar-refractivity contribution in [1.82, 2.24) is 5.32 Å². The van der Waals surface area contributed by atoms with Crippen molar-refractivity contribution in [3.8, 4) is 11.1 Å². The Balaban J connectivity index is 1.70. The van der Waals surface area contributed by atoms with E-state index in [1.807, 2.05) is 26.0 Å². The van der Waals surface area contributed by atoms with E-state index in [2.05, 4.69) is 72.9 Å². The summed E-state index contributed by atoms with van der Waals surface area (Å²) >= 11 is 0. The number of amides is 1. The first-order valence-electron chi connectivity index (χ1n) is 9.56. The molecule has 2 aromatic carbocycles. The molecule has 1 aliphatic rings. The maximum absolute atomic E-state index is 11.5. The van der Waals surface area contributed by atoms with Gasteiger partial charge in [-0.2, -0.15) is 0 Å². The van der Waals surface area contributed by atoms with Crippen LogP contribution < -0.4 is 5.32 Å². The van der Waals surface area contributed by atoms with Crippen molar-refractivity contribution in [2.75, 3.05) is 0 Å². The summed E-state index contributed by atoms with van der Waals surface area (Å²) in [5.41, 5.74) is 6.71. The lowest BCUT2D eigenvalue weighted by Gasteiger charge is -2.14. The Morgan fingerprint density at radius 1 is 1.07 bits per heavy atom. The van der Waals surface area contributed by atoms with Gasteiger partial charge < -0.3 is 5.32 Å². The van der Waals surface area contributed by atoms with Crippen molar-refractivity contribution in [1.29, 1.82) is 0 Å². The van der Waals surface area contributed by atoms with Crippen molar-refractivity contribution in [3.05, 3.63) is 89.7 Å². The molecule has 0 radical (unpaired) electrons. The number of hydrogen-bond acceptors (Lipinski definition) is 1. The zero-order chi connectivity index (χ0) is 19.2. The fourth-order valence-electron chi connectivity index (χ4n) is 3.45. The van der Waals surface area contributed by atoms with E-state index in [4.69, 9.17) is 0 Å². The van der Waals surface area contributed by atoms with E-state index in [0.717, 1.165) is 6.42 Å². The number of fused-ring (bicyclic) bond motifs is 1. The summed E-state index contributed by atoms with van der Waals surface area (Å²) in [5.74, 6) is 0.454. The predicted molar refractivity (Wildman–Crippen MR) is 114 cm³/mol. The topological polar surface area (TPSA) is 29.1 Å². The Morgan fingerprint density at radius 3 is 2.59 bits per heavy atom. The molecule has 2 heteroatoms. The maximum Gasteiger partial charge on any atom is 0.226 e. The quantitative estimate of drug-likeness (QED) is 0.623. The van der Waals surface area contributed by atoms with Gasteiger partial charge in [0.2, 0.25) is 5.91 Å². The van der Waals surface area contributed by atoms with Crippen LogP contribution in [0.2, 0.25) is 0 Å². The van der Waals surface area contributed by atoms with Crippen LogP contribution in [-0.2, 0) is 4.79 Å². The van der Waals surface area contributed by atoms with E-state index in [1.54, 1.807) is 6.20 Å². The summed E-state index contributed by atoms with van der Waals surface area (Å²) in [7, 11) is 0. The molecular weight excluding hydrogens is 330 g/mol. The average Bonchev–Trinajstić information content (AvgIpc) is 3.00. The lowest BCUT2D eigenvalue weighted by Crippen LogP contribution is -2.22. The molecule has 1 amide bonds. The molecule has 0 heterocycles. The Bertz CT molecular complexity index is 888. The minimum absolute atomic E-state index is 0.000201. The smallest absolute Gasteiger partial charge is 0.226 e. The minimum atomic E-state index is 0.000201. The summed E-state index contributed by atoms with van der Waals surface area (Å²) in [5, 5.41) is 2.78. The molecule has 0 saturated heterocycles. The molecule has 1 unspecified atom stereocenters. The second-order valence-electron chi connectivity index (χ2n) is 7.30. The van der Waals surface area contributed by atoms with E-state index >= 15 is 0 Å². The zero-order valence-electron chi connectivity index (χ0n) is 16.3. The van der Waals surface area contributed by atoms with Gasteiger partial charge >= 0.3 is 0 Å². The first-order valence-corrected chi connectivity index (χ1v) is 9.56. The normalized spacial score (nSPS) is 16.1. The summed E-state index contributed by atoms with van der Waals surface area (Å²) in [6.07, 6.45) is 11.1. The fraction of sp³-hybridized carbons (Fsp3) is 0.240. The van der Waals surface area contributed by atoms with Crippen molar-refractivity contribution < 1.29 is 4.79 Å². The van der Waals surface area contributed by atoms with Crippen molar-refractivity contribution in [2.24, 2.45) is 5.92 Å². The monoisotopic (exact) mass is 357 g/mol. The summed E-state index contributed by atoms with van der Waals surface area (Å²) in [4.78, 5) is 11.5. The Morgan fingerprint density at radius 2 is 1.85 bits per heavy atom. The van der Waals surface area contributed by atoms with Crippen LogP contribution in [0.4, 0.5) is 0 Å².